The maximum atomic E-state index is 5.05. The minimum atomic E-state index is 0.274. The first-order valence-electron chi connectivity index (χ1n) is 3.96. The third-order valence-corrected chi connectivity index (χ3v) is 1.52. The molecule has 0 N–H and O–H groups in total. The van der Waals surface area contributed by atoms with Crippen molar-refractivity contribution in [3.05, 3.63) is 18.0 Å². The van der Waals surface area contributed by atoms with Crippen LogP contribution in [0, 0.1) is 0 Å². The van der Waals surface area contributed by atoms with Crippen LogP contribution < -0.4 is 9.47 Å². The summed E-state index contributed by atoms with van der Waals surface area (Å²) >= 11 is 0. The molecule has 76 valence electrons. The van der Waals surface area contributed by atoms with E-state index in [0.29, 0.717) is 5.88 Å². The van der Waals surface area contributed by atoms with Crippen LogP contribution in [0.15, 0.2) is 12.5 Å². The third kappa shape index (κ3) is 2.35. The molecule has 0 aliphatic heterocycles. The Morgan fingerprint density at radius 1 is 1.21 bits per heavy atom. The highest BCUT2D eigenvalue weighted by Gasteiger charge is 2.04. The fourth-order valence-electron chi connectivity index (χ4n) is 0.878. The molecule has 0 amide bonds. The molecule has 0 radical (unpaired) electrons. The average molecular weight is 196 g/mol. The van der Waals surface area contributed by atoms with E-state index in [4.69, 9.17) is 14.2 Å². The Labute approximate surface area is 82.3 Å². The zero-order chi connectivity index (χ0) is 10.4. The van der Waals surface area contributed by atoms with E-state index in [-0.39, 0.29) is 6.01 Å². The molecule has 1 heterocycles. The topological polar surface area (TPSA) is 53.5 Å². The number of ether oxygens (including phenoxy) is 3. The number of aromatic nitrogens is 2. The predicted octanol–water partition coefficient (Wildman–Crippen LogP) is 1.11. The molecular weight excluding hydrogens is 184 g/mol. The highest BCUT2D eigenvalue weighted by atomic mass is 16.5. The molecular formula is C9H12N2O3. The molecule has 0 aliphatic rings. The lowest BCUT2D eigenvalue weighted by atomic mass is 10.3. The van der Waals surface area contributed by atoms with Gasteiger partial charge in [0.1, 0.15) is 0 Å². The van der Waals surface area contributed by atoms with E-state index >= 15 is 0 Å². The molecule has 0 aliphatic carbocycles. The van der Waals surface area contributed by atoms with Gasteiger partial charge in [0.2, 0.25) is 5.88 Å². The van der Waals surface area contributed by atoms with Crippen molar-refractivity contribution in [2.75, 3.05) is 21.3 Å². The van der Waals surface area contributed by atoms with Crippen LogP contribution in [0.5, 0.6) is 11.9 Å². The van der Waals surface area contributed by atoms with Gasteiger partial charge in [0.15, 0.2) is 0 Å². The van der Waals surface area contributed by atoms with Crippen LogP contribution >= 0.6 is 0 Å². The summed E-state index contributed by atoms with van der Waals surface area (Å²) in [6, 6.07) is 0.274. The Morgan fingerprint density at radius 2 is 2.00 bits per heavy atom. The fraction of sp³-hybridized carbons (Fsp3) is 0.333. The van der Waals surface area contributed by atoms with Gasteiger partial charge in [-0.2, -0.15) is 4.98 Å². The van der Waals surface area contributed by atoms with Crippen LogP contribution in [0.1, 0.15) is 5.56 Å². The van der Waals surface area contributed by atoms with Gasteiger partial charge in [-0.3, -0.25) is 0 Å². The molecule has 5 heteroatoms. The normalized spacial score (nSPS) is 10.2. The smallest absolute Gasteiger partial charge is 0.319 e. The molecule has 1 aromatic rings. The molecule has 0 fully saturated rings. The SMILES string of the molecule is CO/C=C/c1cnc(OC)nc1OC. The van der Waals surface area contributed by atoms with Gasteiger partial charge in [-0.15, -0.1) is 0 Å². The Balaban J connectivity index is 2.99. The van der Waals surface area contributed by atoms with Gasteiger partial charge in [0.05, 0.1) is 33.2 Å². The minimum Gasteiger partial charge on any atom is -0.504 e. The van der Waals surface area contributed by atoms with Crippen molar-refractivity contribution in [2.45, 2.75) is 0 Å². The van der Waals surface area contributed by atoms with E-state index in [1.165, 1.54) is 20.5 Å². The van der Waals surface area contributed by atoms with Gasteiger partial charge in [-0.1, -0.05) is 0 Å². The van der Waals surface area contributed by atoms with Crippen LogP contribution in [0.2, 0.25) is 0 Å². The lowest BCUT2D eigenvalue weighted by molar-refractivity contribution is 0.339. The van der Waals surface area contributed by atoms with E-state index in [2.05, 4.69) is 9.97 Å². The summed E-state index contributed by atoms with van der Waals surface area (Å²) in [5.41, 5.74) is 0.732. The van der Waals surface area contributed by atoms with Crippen molar-refractivity contribution in [1.29, 1.82) is 0 Å². The lowest BCUT2D eigenvalue weighted by Gasteiger charge is -2.04. The van der Waals surface area contributed by atoms with E-state index in [1.54, 1.807) is 19.4 Å². The van der Waals surface area contributed by atoms with E-state index in [9.17, 15) is 0 Å². The summed E-state index contributed by atoms with van der Waals surface area (Å²) in [6.07, 6.45) is 4.83. The van der Waals surface area contributed by atoms with Crippen LogP contribution in [0.25, 0.3) is 6.08 Å². The highest BCUT2D eigenvalue weighted by molar-refractivity contribution is 5.52. The molecule has 0 aromatic carbocycles. The molecule has 1 rings (SSSR count). The predicted molar refractivity (Wildman–Crippen MR) is 51.2 cm³/mol. The van der Waals surface area contributed by atoms with Gasteiger partial charge in [-0.05, 0) is 6.08 Å². The molecule has 5 nitrogen and oxygen atoms in total. The molecule has 0 unspecified atom stereocenters. The minimum absolute atomic E-state index is 0.274. The summed E-state index contributed by atoms with van der Waals surface area (Å²) in [6.45, 7) is 0. The summed E-state index contributed by atoms with van der Waals surface area (Å²) in [5, 5.41) is 0. The third-order valence-electron chi connectivity index (χ3n) is 1.52. The summed E-state index contributed by atoms with van der Waals surface area (Å²) in [4.78, 5) is 7.94. The molecule has 0 atom stereocenters. The van der Waals surface area contributed by atoms with E-state index in [1.807, 2.05) is 0 Å². The molecule has 0 saturated carbocycles. The molecule has 0 saturated heterocycles. The van der Waals surface area contributed by atoms with Crippen molar-refractivity contribution in [3.8, 4) is 11.9 Å². The van der Waals surface area contributed by atoms with Gasteiger partial charge in [0.25, 0.3) is 0 Å². The number of hydrogen-bond donors (Lipinski definition) is 0. The largest absolute Gasteiger partial charge is 0.504 e. The van der Waals surface area contributed by atoms with Crippen LogP contribution in [0.4, 0.5) is 0 Å². The Morgan fingerprint density at radius 3 is 2.57 bits per heavy atom. The first-order chi connectivity index (χ1) is 6.81. The second kappa shape index (κ2) is 5.06. The average Bonchev–Trinajstić information content (AvgIpc) is 2.26. The van der Waals surface area contributed by atoms with Gasteiger partial charge in [-0.25, -0.2) is 4.98 Å². The number of hydrogen-bond acceptors (Lipinski definition) is 5. The number of rotatable bonds is 4. The standard InChI is InChI=1S/C9H12N2O3/c1-12-5-4-7-6-10-9(14-3)11-8(7)13-2/h4-6H,1-3H3/b5-4+. The first kappa shape index (κ1) is 10.3. The van der Waals surface area contributed by atoms with Crippen molar-refractivity contribution in [3.63, 3.8) is 0 Å². The molecule has 1 aromatic heterocycles. The van der Waals surface area contributed by atoms with E-state index in [0.717, 1.165) is 5.56 Å². The fourth-order valence-corrected chi connectivity index (χ4v) is 0.878. The van der Waals surface area contributed by atoms with Crippen LogP contribution in [-0.4, -0.2) is 31.3 Å². The Bertz CT molecular complexity index is 326. The number of methoxy groups -OCH3 is 3. The van der Waals surface area contributed by atoms with Crippen LogP contribution in [-0.2, 0) is 4.74 Å². The van der Waals surface area contributed by atoms with Gasteiger partial charge < -0.3 is 14.2 Å². The summed E-state index contributed by atoms with van der Waals surface area (Å²) in [7, 11) is 4.60. The quantitative estimate of drug-likeness (QED) is 0.675. The Hall–Kier alpha value is -1.78. The maximum absolute atomic E-state index is 5.05. The van der Waals surface area contributed by atoms with Gasteiger partial charge in [0, 0.05) is 6.20 Å². The molecule has 14 heavy (non-hydrogen) atoms. The van der Waals surface area contributed by atoms with E-state index < -0.39 is 0 Å². The lowest BCUT2D eigenvalue weighted by Crippen LogP contribution is -1.97. The summed E-state index contributed by atoms with van der Waals surface area (Å²) in [5.74, 6) is 0.449. The van der Waals surface area contributed by atoms with Gasteiger partial charge >= 0.3 is 6.01 Å². The highest BCUT2D eigenvalue weighted by Crippen LogP contribution is 2.18. The first-order valence-corrected chi connectivity index (χ1v) is 3.96. The number of nitrogens with zero attached hydrogens (tertiary/aromatic N) is 2. The second-order valence-corrected chi connectivity index (χ2v) is 2.36. The van der Waals surface area contributed by atoms with Crippen molar-refractivity contribution < 1.29 is 14.2 Å². The summed E-state index contributed by atoms with van der Waals surface area (Å²) < 4.78 is 14.7. The second-order valence-electron chi connectivity index (χ2n) is 2.36. The van der Waals surface area contributed by atoms with Crippen molar-refractivity contribution >= 4 is 6.08 Å². The molecule has 0 spiro atoms. The van der Waals surface area contributed by atoms with Crippen molar-refractivity contribution in [2.24, 2.45) is 0 Å². The maximum Gasteiger partial charge on any atom is 0.319 e. The zero-order valence-electron chi connectivity index (χ0n) is 8.35. The van der Waals surface area contributed by atoms with Crippen molar-refractivity contribution in [1.82, 2.24) is 9.97 Å². The van der Waals surface area contributed by atoms with Crippen LogP contribution in [0.3, 0.4) is 0 Å². The molecule has 0 bridgehead atoms. The Kier molecular flexibility index (Phi) is 3.72. The zero-order valence-corrected chi connectivity index (χ0v) is 8.35. The monoisotopic (exact) mass is 196 g/mol.